The van der Waals surface area contributed by atoms with E-state index in [0.717, 1.165) is 44.1 Å². The first-order valence-electron chi connectivity index (χ1n) is 10.9. The fourth-order valence-electron chi connectivity index (χ4n) is 4.29. The van der Waals surface area contributed by atoms with Crippen LogP contribution in [-0.2, 0) is 16.0 Å². The van der Waals surface area contributed by atoms with Crippen molar-refractivity contribution in [1.29, 1.82) is 0 Å². The lowest BCUT2D eigenvalue weighted by molar-refractivity contribution is -0.142. The van der Waals surface area contributed by atoms with Gasteiger partial charge in [0.2, 0.25) is 11.8 Å². The van der Waals surface area contributed by atoms with Gasteiger partial charge in [0.05, 0.1) is 6.04 Å². The maximum Gasteiger partial charge on any atom is 0.243 e. The van der Waals surface area contributed by atoms with E-state index in [-0.39, 0.29) is 30.4 Å². The first-order valence-corrected chi connectivity index (χ1v) is 11.8. The lowest BCUT2D eigenvalue weighted by Gasteiger charge is -2.37. The summed E-state index contributed by atoms with van der Waals surface area (Å²) in [5.74, 6) is 0.227. The number of hydrogen-bond acceptors (Lipinski definition) is 3. The number of fused-ring (bicyclic) bond motifs is 1. The van der Waals surface area contributed by atoms with E-state index in [1.54, 1.807) is 11.3 Å². The minimum atomic E-state index is -0.0463. The molecule has 0 N–H and O–H groups in total. The minimum Gasteiger partial charge on any atom is -0.330 e. The molecule has 1 unspecified atom stereocenters. The zero-order valence-electron chi connectivity index (χ0n) is 17.2. The van der Waals surface area contributed by atoms with E-state index in [0.29, 0.717) is 13.0 Å². The zero-order valence-corrected chi connectivity index (χ0v) is 18.0. The molecule has 1 saturated carbocycles. The molecule has 4 nitrogen and oxygen atoms in total. The summed E-state index contributed by atoms with van der Waals surface area (Å²) in [6.45, 7) is 3.08. The summed E-state index contributed by atoms with van der Waals surface area (Å²) < 4.78 is 0. The highest BCUT2D eigenvalue weighted by atomic mass is 32.1. The van der Waals surface area contributed by atoms with Gasteiger partial charge < -0.3 is 9.80 Å². The van der Waals surface area contributed by atoms with E-state index in [9.17, 15) is 9.59 Å². The monoisotopic (exact) mass is 410 g/mol. The van der Waals surface area contributed by atoms with Crippen molar-refractivity contribution in [2.75, 3.05) is 13.1 Å². The van der Waals surface area contributed by atoms with Crippen LogP contribution < -0.4 is 0 Å². The first kappa shape index (κ1) is 20.1. The molecule has 1 atom stereocenters. The Morgan fingerprint density at radius 2 is 1.93 bits per heavy atom. The molecule has 5 heteroatoms. The Morgan fingerprint density at radius 3 is 2.66 bits per heavy atom. The molecule has 2 aromatic rings. The van der Waals surface area contributed by atoms with Crippen molar-refractivity contribution < 1.29 is 9.59 Å². The van der Waals surface area contributed by atoms with Crippen LogP contribution in [0.2, 0.25) is 0 Å². The Kier molecular flexibility index (Phi) is 6.34. The third-order valence-corrected chi connectivity index (χ3v) is 7.01. The molecular weight excluding hydrogens is 380 g/mol. The molecule has 1 aliphatic heterocycles. The number of benzene rings is 1. The molecule has 0 spiro atoms. The van der Waals surface area contributed by atoms with Gasteiger partial charge in [-0.3, -0.25) is 9.59 Å². The number of rotatable bonds is 8. The Balaban J connectivity index is 1.52. The number of amides is 2. The lowest BCUT2D eigenvalue weighted by atomic mass is 9.93. The largest absolute Gasteiger partial charge is 0.330 e. The molecule has 4 rings (SSSR count). The summed E-state index contributed by atoms with van der Waals surface area (Å²) in [7, 11) is 0. The normalized spacial score (nSPS) is 18.4. The zero-order chi connectivity index (χ0) is 20.2. The first-order chi connectivity index (χ1) is 14.2. The number of carbonyl (C=O) groups is 2. The Morgan fingerprint density at radius 1 is 1.14 bits per heavy atom. The van der Waals surface area contributed by atoms with E-state index in [1.165, 1.54) is 10.4 Å². The molecule has 1 aromatic carbocycles. The van der Waals surface area contributed by atoms with Crippen molar-refractivity contribution in [3.8, 4) is 0 Å². The summed E-state index contributed by atoms with van der Waals surface area (Å²) in [6, 6.07) is 12.7. The molecule has 2 heterocycles. The number of nitrogens with zero attached hydrogens (tertiary/aromatic N) is 2. The van der Waals surface area contributed by atoms with Crippen LogP contribution >= 0.6 is 11.3 Å². The second-order valence-electron chi connectivity index (χ2n) is 8.16. The fraction of sp³-hybridized carbons (Fsp3) is 0.500. The molecule has 154 valence electrons. The predicted molar refractivity (Wildman–Crippen MR) is 117 cm³/mol. The standard InChI is InChI=1S/C24H30N2O2S/c1-2-3-5-10-22(27)26(19-11-12-19)17-23(28)25-15-13-21-20(14-16-29-21)24(25)18-8-6-4-7-9-18/h4,6-9,14,16,19,24H,2-3,5,10-13,15,17H2,1H3. The molecular formula is C24H30N2O2S. The third kappa shape index (κ3) is 4.55. The highest BCUT2D eigenvalue weighted by Crippen LogP contribution is 2.38. The summed E-state index contributed by atoms with van der Waals surface area (Å²) in [5.41, 5.74) is 2.39. The maximum absolute atomic E-state index is 13.4. The molecule has 0 bridgehead atoms. The lowest BCUT2D eigenvalue weighted by Crippen LogP contribution is -2.47. The van der Waals surface area contributed by atoms with Gasteiger partial charge in [-0.1, -0.05) is 50.1 Å². The molecule has 2 amide bonds. The van der Waals surface area contributed by atoms with Gasteiger partial charge >= 0.3 is 0 Å². The van der Waals surface area contributed by atoms with Gasteiger partial charge in [0, 0.05) is 23.9 Å². The van der Waals surface area contributed by atoms with Gasteiger partial charge in [0.15, 0.2) is 0 Å². The molecule has 1 aromatic heterocycles. The smallest absolute Gasteiger partial charge is 0.243 e. The number of hydrogen-bond donors (Lipinski definition) is 0. The van der Waals surface area contributed by atoms with Crippen LogP contribution in [0.25, 0.3) is 0 Å². The average molecular weight is 411 g/mol. The summed E-state index contributed by atoms with van der Waals surface area (Å²) in [5, 5.41) is 2.13. The van der Waals surface area contributed by atoms with E-state index < -0.39 is 0 Å². The van der Waals surface area contributed by atoms with E-state index in [1.807, 2.05) is 28.0 Å². The molecule has 0 saturated heterocycles. The van der Waals surface area contributed by atoms with Gasteiger partial charge in [-0.15, -0.1) is 11.3 Å². The second-order valence-corrected chi connectivity index (χ2v) is 9.16. The van der Waals surface area contributed by atoms with E-state index in [4.69, 9.17) is 0 Å². The highest BCUT2D eigenvalue weighted by Gasteiger charge is 2.37. The van der Waals surface area contributed by atoms with Crippen molar-refractivity contribution in [3.05, 3.63) is 57.8 Å². The SMILES string of the molecule is CCCCCC(=O)N(CC(=O)N1CCc2sccc2C1c1ccccc1)C1CC1. The fourth-order valence-corrected chi connectivity index (χ4v) is 5.20. The van der Waals surface area contributed by atoms with Crippen LogP contribution in [0.15, 0.2) is 41.8 Å². The Labute approximate surface area is 177 Å². The van der Waals surface area contributed by atoms with Crippen LogP contribution in [0.3, 0.4) is 0 Å². The maximum atomic E-state index is 13.4. The third-order valence-electron chi connectivity index (χ3n) is 6.01. The van der Waals surface area contributed by atoms with E-state index >= 15 is 0 Å². The molecule has 29 heavy (non-hydrogen) atoms. The van der Waals surface area contributed by atoms with Crippen LogP contribution in [0.4, 0.5) is 0 Å². The summed E-state index contributed by atoms with van der Waals surface area (Å²) in [4.78, 5) is 31.4. The Bertz CT molecular complexity index is 844. The minimum absolute atomic E-state index is 0.0463. The summed E-state index contributed by atoms with van der Waals surface area (Å²) in [6.07, 6.45) is 6.62. The van der Waals surface area contributed by atoms with Crippen molar-refractivity contribution in [1.82, 2.24) is 9.80 Å². The second kappa shape index (κ2) is 9.12. The van der Waals surface area contributed by atoms with Crippen LogP contribution in [0, 0.1) is 0 Å². The highest BCUT2D eigenvalue weighted by molar-refractivity contribution is 7.10. The van der Waals surface area contributed by atoms with E-state index in [2.05, 4.69) is 30.5 Å². The van der Waals surface area contributed by atoms with Gasteiger partial charge in [-0.25, -0.2) is 0 Å². The average Bonchev–Trinajstić information content (AvgIpc) is 3.47. The topological polar surface area (TPSA) is 40.6 Å². The van der Waals surface area contributed by atoms with Crippen LogP contribution in [0.5, 0.6) is 0 Å². The molecule has 1 aliphatic carbocycles. The Hall–Kier alpha value is -2.14. The van der Waals surface area contributed by atoms with Gasteiger partial charge in [-0.2, -0.15) is 0 Å². The number of thiophene rings is 1. The quantitative estimate of drug-likeness (QED) is 0.587. The van der Waals surface area contributed by atoms with Crippen molar-refractivity contribution in [2.45, 2.75) is 64.0 Å². The van der Waals surface area contributed by atoms with Crippen molar-refractivity contribution >= 4 is 23.2 Å². The van der Waals surface area contributed by atoms with Crippen molar-refractivity contribution in [2.24, 2.45) is 0 Å². The summed E-state index contributed by atoms with van der Waals surface area (Å²) >= 11 is 1.78. The number of unbranched alkanes of at least 4 members (excludes halogenated alkanes) is 2. The van der Waals surface area contributed by atoms with Crippen molar-refractivity contribution in [3.63, 3.8) is 0 Å². The molecule has 0 radical (unpaired) electrons. The van der Waals surface area contributed by atoms with Gasteiger partial charge in [0.25, 0.3) is 0 Å². The molecule has 1 fully saturated rings. The predicted octanol–water partition coefficient (Wildman–Crippen LogP) is 4.79. The van der Waals surface area contributed by atoms with Gasteiger partial charge in [-0.05, 0) is 48.3 Å². The van der Waals surface area contributed by atoms with Gasteiger partial charge in [0.1, 0.15) is 6.54 Å². The number of carbonyl (C=O) groups excluding carboxylic acids is 2. The van der Waals surface area contributed by atoms with Crippen LogP contribution in [0.1, 0.15) is 67.5 Å². The van der Waals surface area contributed by atoms with Crippen LogP contribution in [-0.4, -0.2) is 40.7 Å². The molecule has 2 aliphatic rings.